The molecule has 0 aromatic carbocycles. The number of hydrogen-bond donors (Lipinski definition) is 1. The molecule has 2 N–H and O–H groups in total. The first-order chi connectivity index (χ1) is 11.4. The topological polar surface area (TPSA) is 65.5 Å². The van der Waals surface area contributed by atoms with Crippen molar-refractivity contribution in [3.8, 4) is 0 Å². The van der Waals surface area contributed by atoms with E-state index in [-0.39, 0.29) is 24.2 Å². The van der Waals surface area contributed by atoms with Crippen LogP contribution in [0, 0.1) is 0 Å². The molecule has 6 nitrogen and oxygen atoms in total. The molecule has 0 spiro atoms. The van der Waals surface area contributed by atoms with Crippen molar-refractivity contribution in [1.29, 1.82) is 0 Å². The summed E-state index contributed by atoms with van der Waals surface area (Å²) in [5.74, 6) is 0. The van der Waals surface area contributed by atoms with Crippen LogP contribution < -0.4 is 10.6 Å². The van der Waals surface area contributed by atoms with E-state index in [4.69, 9.17) is 10.5 Å². The van der Waals surface area contributed by atoms with E-state index in [0.717, 1.165) is 18.5 Å². The first-order valence-corrected chi connectivity index (χ1v) is 8.29. The average molecular weight is 346 g/mol. The van der Waals surface area contributed by atoms with Crippen molar-refractivity contribution in [3.05, 3.63) is 12.4 Å². The van der Waals surface area contributed by atoms with Crippen LogP contribution in [-0.2, 0) is 9.47 Å². The Labute approximate surface area is 137 Å². The van der Waals surface area contributed by atoms with Crippen LogP contribution in [0.1, 0.15) is 31.7 Å². The largest absolute Gasteiger partial charge is 0.522 e. The molecule has 0 radical (unpaired) electrons. The number of alkyl halides is 3. The lowest BCUT2D eigenvalue weighted by Gasteiger charge is -2.48. The van der Waals surface area contributed by atoms with Crippen LogP contribution in [0.5, 0.6) is 0 Å². The molecule has 4 rings (SSSR count). The van der Waals surface area contributed by atoms with Crippen molar-refractivity contribution < 1.29 is 22.6 Å². The van der Waals surface area contributed by atoms with E-state index in [1.54, 1.807) is 10.9 Å². The zero-order valence-electron chi connectivity index (χ0n) is 13.2. The van der Waals surface area contributed by atoms with Crippen LogP contribution in [0.15, 0.2) is 12.4 Å². The number of fused-ring (bicyclic) bond motifs is 2. The SMILES string of the molecule is NC1C[C@H]2COC[C@@H](C1)N2c1cnn(C2CC(OC(F)(F)F)C2)c1. The van der Waals surface area contributed by atoms with Crippen molar-refractivity contribution in [2.45, 2.75) is 62.3 Å². The molecule has 3 fully saturated rings. The molecular formula is C15H21F3N4O2. The van der Waals surface area contributed by atoms with Gasteiger partial charge in [0.1, 0.15) is 0 Å². The summed E-state index contributed by atoms with van der Waals surface area (Å²) in [6.45, 7) is 1.31. The standard InChI is InChI=1S/C15H21F3N4O2/c16-15(17,18)24-14-3-10(4-14)21-6-13(5-20-21)22-11-1-9(19)2-12(22)8-23-7-11/h5-6,9-12,14H,1-4,7-8,19H2/t9?,10?,11-,12+,14?. The van der Waals surface area contributed by atoms with Gasteiger partial charge in [-0.1, -0.05) is 0 Å². The second-order valence-corrected chi connectivity index (χ2v) is 6.97. The van der Waals surface area contributed by atoms with Crippen molar-refractivity contribution in [3.63, 3.8) is 0 Å². The minimum absolute atomic E-state index is 0.0331. The minimum atomic E-state index is -4.56. The van der Waals surface area contributed by atoms with E-state index in [1.807, 2.05) is 6.20 Å². The van der Waals surface area contributed by atoms with E-state index in [1.165, 1.54) is 0 Å². The van der Waals surface area contributed by atoms with Gasteiger partial charge in [0, 0.05) is 12.2 Å². The number of nitrogens with two attached hydrogens (primary N) is 1. The number of hydrogen-bond acceptors (Lipinski definition) is 5. The van der Waals surface area contributed by atoms with Gasteiger partial charge < -0.3 is 15.4 Å². The van der Waals surface area contributed by atoms with E-state index in [0.29, 0.717) is 26.1 Å². The number of aromatic nitrogens is 2. The molecule has 9 heteroatoms. The van der Waals surface area contributed by atoms with E-state index in [2.05, 4.69) is 14.7 Å². The highest BCUT2D eigenvalue weighted by molar-refractivity contribution is 5.47. The number of ether oxygens (including phenoxy) is 2. The molecule has 2 aliphatic heterocycles. The number of anilines is 1. The fourth-order valence-corrected chi connectivity index (χ4v) is 4.08. The lowest BCUT2D eigenvalue weighted by molar-refractivity contribution is -0.353. The van der Waals surface area contributed by atoms with Gasteiger partial charge in [0.15, 0.2) is 0 Å². The number of halogens is 3. The summed E-state index contributed by atoms with van der Waals surface area (Å²) in [5, 5.41) is 4.36. The number of rotatable bonds is 3. The second-order valence-electron chi connectivity index (χ2n) is 6.97. The predicted molar refractivity (Wildman–Crippen MR) is 79.5 cm³/mol. The summed E-state index contributed by atoms with van der Waals surface area (Å²) < 4.78 is 48.0. The van der Waals surface area contributed by atoms with Crippen molar-refractivity contribution in [1.82, 2.24) is 9.78 Å². The van der Waals surface area contributed by atoms with Gasteiger partial charge in [-0.2, -0.15) is 5.10 Å². The molecule has 0 amide bonds. The smallest absolute Gasteiger partial charge is 0.377 e. The quantitative estimate of drug-likeness (QED) is 0.904. The van der Waals surface area contributed by atoms with Gasteiger partial charge in [-0.05, 0) is 25.7 Å². The van der Waals surface area contributed by atoms with Crippen LogP contribution in [0.2, 0.25) is 0 Å². The van der Waals surface area contributed by atoms with E-state index >= 15 is 0 Å². The Bertz CT molecular complexity index is 574. The van der Waals surface area contributed by atoms with E-state index in [9.17, 15) is 13.2 Å². The Kier molecular flexibility index (Phi) is 3.97. The van der Waals surface area contributed by atoms with Crippen LogP contribution in [0.25, 0.3) is 0 Å². The summed E-state index contributed by atoms with van der Waals surface area (Å²) in [6, 6.07) is 0.650. The highest BCUT2D eigenvalue weighted by atomic mass is 19.4. The first-order valence-electron chi connectivity index (χ1n) is 8.29. The zero-order valence-corrected chi connectivity index (χ0v) is 13.2. The third-order valence-corrected chi connectivity index (χ3v) is 5.19. The van der Waals surface area contributed by atoms with Crippen LogP contribution in [0.4, 0.5) is 18.9 Å². The molecule has 24 heavy (non-hydrogen) atoms. The third-order valence-electron chi connectivity index (χ3n) is 5.19. The minimum Gasteiger partial charge on any atom is -0.377 e. The number of piperidine rings is 1. The molecule has 2 bridgehead atoms. The Hall–Kier alpha value is -1.32. The molecule has 1 aliphatic carbocycles. The predicted octanol–water partition coefficient (Wildman–Crippen LogP) is 1.82. The molecule has 1 saturated carbocycles. The molecule has 1 unspecified atom stereocenters. The van der Waals surface area contributed by atoms with Gasteiger partial charge in [0.25, 0.3) is 0 Å². The van der Waals surface area contributed by atoms with Crippen molar-refractivity contribution in [2.75, 3.05) is 18.1 Å². The van der Waals surface area contributed by atoms with Crippen LogP contribution in [-0.4, -0.2) is 53.6 Å². The summed E-state index contributed by atoms with van der Waals surface area (Å²) in [4.78, 5) is 2.32. The summed E-state index contributed by atoms with van der Waals surface area (Å²) in [7, 11) is 0. The summed E-state index contributed by atoms with van der Waals surface area (Å²) in [5.41, 5.74) is 7.11. The maximum Gasteiger partial charge on any atom is 0.522 e. The highest BCUT2D eigenvalue weighted by Gasteiger charge is 2.42. The molecule has 134 valence electrons. The molecule has 1 aromatic heterocycles. The fraction of sp³-hybridized carbons (Fsp3) is 0.800. The summed E-state index contributed by atoms with van der Waals surface area (Å²) >= 11 is 0. The lowest BCUT2D eigenvalue weighted by atomic mass is 9.89. The van der Waals surface area contributed by atoms with Gasteiger partial charge in [-0.15, -0.1) is 13.2 Å². The molecule has 3 heterocycles. The first kappa shape index (κ1) is 16.2. The normalized spacial score (nSPS) is 36.5. The Balaban J connectivity index is 1.41. The zero-order chi connectivity index (χ0) is 16.9. The lowest BCUT2D eigenvalue weighted by Crippen LogP contribution is -2.59. The van der Waals surface area contributed by atoms with Crippen molar-refractivity contribution in [2.24, 2.45) is 5.73 Å². The van der Waals surface area contributed by atoms with Crippen molar-refractivity contribution >= 4 is 5.69 Å². The van der Waals surface area contributed by atoms with Crippen LogP contribution >= 0.6 is 0 Å². The maximum atomic E-state index is 12.2. The van der Waals surface area contributed by atoms with Gasteiger partial charge in [-0.25, -0.2) is 0 Å². The molecule has 3 aliphatic rings. The number of morpholine rings is 1. The highest BCUT2D eigenvalue weighted by Crippen LogP contribution is 2.39. The van der Waals surface area contributed by atoms with Gasteiger partial charge in [0.05, 0.1) is 49.3 Å². The molecule has 3 atom stereocenters. The maximum absolute atomic E-state index is 12.2. The van der Waals surface area contributed by atoms with Crippen LogP contribution in [0.3, 0.4) is 0 Å². The van der Waals surface area contributed by atoms with Gasteiger partial charge in [-0.3, -0.25) is 9.42 Å². The molecule has 1 aromatic rings. The number of nitrogens with zero attached hydrogens (tertiary/aromatic N) is 3. The molecular weight excluding hydrogens is 325 g/mol. The molecule has 2 saturated heterocycles. The van der Waals surface area contributed by atoms with E-state index < -0.39 is 12.5 Å². The average Bonchev–Trinajstić information content (AvgIpc) is 2.89. The fourth-order valence-electron chi connectivity index (χ4n) is 4.08. The second kappa shape index (κ2) is 5.89. The van der Waals surface area contributed by atoms with Gasteiger partial charge in [0.2, 0.25) is 0 Å². The summed E-state index contributed by atoms with van der Waals surface area (Å²) in [6.07, 6.45) is 0.830. The Morgan fingerprint density at radius 2 is 1.79 bits per heavy atom. The third kappa shape index (κ3) is 3.12. The Morgan fingerprint density at radius 3 is 2.42 bits per heavy atom. The Morgan fingerprint density at radius 1 is 1.12 bits per heavy atom. The monoisotopic (exact) mass is 346 g/mol. The van der Waals surface area contributed by atoms with Gasteiger partial charge >= 0.3 is 6.36 Å².